The van der Waals surface area contributed by atoms with E-state index in [0.717, 1.165) is 25.7 Å². The van der Waals surface area contributed by atoms with Crippen LogP contribution in [0.2, 0.25) is 0 Å². The number of rotatable bonds is 7. The van der Waals surface area contributed by atoms with Gasteiger partial charge in [0, 0.05) is 12.6 Å². The van der Waals surface area contributed by atoms with Gasteiger partial charge in [0.15, 0.2) is 6.29 Å². The van der Waals surface area contributed by atoms with Gasteiger partial charge in [-0.15, -0.1) is 0 Å². The molecule has 1 aliphatic carbocycles. The van der Waals surface area contributed by atoms with Crippen LogP contribution in [-0.4, -0.2) is 40.7 Å². The summed E-state index contributed by atoms with van der Waals surface area (Å²) in [6.07, 6.45) is 2.80. The van der Waals surface area contributed by atoms with Crippen LogP contribution in [0.25, 0.3) is 0 Å². The molecule has 0 aromatic carbocycles. The lowest BCUT2D eigenvalue weighted by atomic mass is 9.81. The molecule has 5 heteroatoms. The first-order valence-electron chi connectivity index (χ1n) is 6.66. The van der Waals surface area contributed by atoms with E-state index in [-0.39, 0.29) is 12.0 Å². The zero-order valence-corrected chi connectivity index (χ0v) is 11.0. The molecule has 1 rings (SSSR count). The molecule has 0 bridgehead atoms. The Morgan fingerprint density at radius 3 is 2.39 bits per heavy atom. The molecule has 1 aliphatic rings. The van der Waals surface area contributed by atoms with Crippen molar-refractivity contribution >= 4 is 0 Å². The van der Waals surface area contributed by atoms with Gasteiger partial charge in [-0.25, -0.2) is 0 Å². The predicted molar refractivity (Wildman–Crippen MR) is 68.5 cm³/mol. The lowest BCUT2D eigenvalue weighted by Gasteiger charge is -2.34. The molecule has 1 saturated carbocycles. The van der Waals surface area contributed by atoms with Crippen LogP contribution in [0.1, 0.15) is 39.0 Å². The van der Waals surface area contributed by atoms with Crippen LogP contribution in [0.4, 0.5) is 0 Å². The second-order valence-electron chi connectivity index (χ2n) is 4.80. The van der Waals surface area contributed by atoms with Crippen molar-refractivity contribution in [3.8, 4) is 0 Å². The summed E-state index contributed by atoms with van der Waals surface area (Å²) in [5, 5.41) is 31.0. The van der Waals surface area contributed by atoms with Gasteiger partial charge in [0.25, 0.3) is 0 Å². The van der Waals surface area contributed by atoms with Gasteiger partial charge >= 0.3 is 0 Å². The largest absolute Gasteiger partial charge is 0.365 e. The molecule has 0 amide bonds. The maximum Gasteiger partial charge on any atom is 0.213 e. The molecule has 2 atom stereocenters. The van der Waals surface area contributed by atoms with Crippen molar-refractivity contribution in [3.05, 3.63) is 12.2 Å². The minimum Gasteiger partial charge on any atom is -0.365 e. The minimum absolute atomic E-state index is 0.267. The Labute approximate surface area is 108 Å². The molecular weight excluding hydrogens is 234 g/mol. The summed E-state index contributed by atoms with van der Waals surface area (Å²) < 4.78 is 5.03. The first-order valence-corrected chi connectivity index (χ1v) is 6.66. The quantitative estimate of drug-likeness (QED) is 0.400. The highest BCUT2D eigenvalue weighted by Crippen LogP contribution is 2.29. The minimum atomic E-state index is -1.57. The van der Waals surface area contributed by atoms with Gasteiger partial charge in [-0.3, -0.25) is 5.32 Å². The van der Waals surface area contributed by atoms with Crippen LogP contribution in [0.5, 0.6) is 0 Å². The molecule has 1 fully saturated rings. The van der Waals surface area contributed by atoms with E-state index in [4.69, 9.17) is 4.74 Å². The van der Waals surface area contributed by atoms with Crippen LogP contribution >= 0.6 is 0 Å². The molecule has 0 saturated heterocycles. The Morgan fingerprint density at radius 1 is 1.28 bits per heavy atom. The Kier molecular flexibility index (Phi) is 6.81. The SMILES string of the molecule is C=C(C(O)O)C(N[C@@H](O)OCC)C1CCCCC1. The van der Waals surface area contributed by atoms with Crippen molar-refractivity contribution in [2.24, 2.45) is 5.92 Å². The fourth-order valence-corrected chi connectivity index (χ4v) is 2.53. The number of hydrogen-bond acceptors (Lipinski definition) is 5. The van der Waals surface area contributed by atoms with Crippen LogP contribution in [0.15, 0.2) is 12.2 Å². The molecular formula is C13H25NO4. The lowest BCUT2D eigenvalue weighted by Crippen LogP contribution is -2.47. The summed E-state index contributed by atoms with van der Waals surface area (Å²) in [7, 11) is 0. The molecule has 0 spiro atoms. The summed E-state index contributed by atoms with van der Waals surface area (Å²) in [6.45, 7) is 5.89. The molecule has 0 aliphatic heterocycles. The molecule has 0 aromatic heterocycles. The highest BCUT2D eigenvalue weighted by Gasteiger charge is 2.29. The normalized spacial score (nSPS) is 20.9. The number of hydrogen-bond donors (Lipinski definition) is 4. The fourth-order valence-electron chi connectivity index (χ4n) is 2.53. The summed E-state index contributed by atoms with van der Waals surface area (Å²) in [5.74, 6) is 0.267. The van der Waals surface area contributed by atoms with Gasteiger partial charge in [0.2, 0.25) is 6.41 Å². The Balaban J connectivity index is 2.64. The molecule has 18 heavy (non-hydrogen) atoms. The molecule has 4 N–H and O–H groups in total. The zero-order valence-electron chi connectivity index (χ0n) is 11.0. The van der Waals surface area contributed by atoms with Gasteiger partial charge in [0.1, 0.15) is 0 Å². The van der Waals surface area contributed by atoms with Crippen LogP contribution in [-0.2, 0) is 4.74 Å². The topological polar surface area (TPSA) is 82.0 Å². The van der Waals surface area contributed by atoms with E-state index in [0.29, 0.717) is 12.2 Å². The molecule has 1 unspecified atom stereocenters. The molecule has 106 valence electrons. The molecule has 0 radical (unpaired) electrons. The highest BCUT2D eigenvalue weighted by molar-refractivity contribution is 5.10. The van der Waals surface area contributed by atoms with Gasteiger partial charge < -0.3 is 20.1 Å². The third-order valence-electron chi connectivity index (χ3n) is 3.50. The fraction of sp³-hybridized carbons (Fsp3) is 0.846. The molecule has 0 heterocycles. The summed E-state index contributed by atoms with van der Waals surface area (Å²) >= 11 is 0. The third-order valence-corrected chi connectivity index (χ3v) is 3.50. The van der Waals surface area contributed by atoms with Crippen LogP contribution in [0, 0.1) is 5.92 Å². The average molecular weight is 259 g/mol. The van der Waals surface area contributed by atoms with E-state index >= 15 is 0 Å². The first-order chi connectivity index (χ1) is 8.56. The Hall–Kier alpha value is -0.460. The number of aliphatic hydroxyl groups is 3. The van der Waals surface area contributed by atoms with Gasteiger partial charge in [-0.2, -0.15) is 0 Å². The second-order valence-corrected chi connectivity index (χ2v) is 4.80. The lowest BCUT2D eigenvalue weighted by molar-refractivity contribution is -0.126. The van der Waals surface area contributed by atoms with Gasteiger partial charge in [-0.05, 0) is 31.3 Å². The van der Waals surface area contributed by atoms with Gasteiger partial charge in [-0.1, -0.05) is 25.8 Å². The Bertz CT molecular complexity index is 251. The van der Waals surface area contributed by atoms with E-state index in [9.17, 15) is 15.3 Å². The molecule has 0 aromatic rings. The first kappa shape index (κ1) is 15.6. The van der Waals surface area contributed by atoms with Crippen molar-refractivity contribution in [1.82, 2.24) is 5.32 Å². The second kappa shape index (κ2) is 7.86. The summed E-state index contributed by atoms with van der Waals surface area (Å²) in [4.78, 5) is 0. The highest BCUT2D eigenvalue weighted by atomic mass is 16.6. The summed E-state index contributed by atoms with van der Waals surface area (Å²) in [6, 6.07) is -0.327. The van der Waals surface area contributed by atoms with Crippen molar-refractivity contribution < 1.29 is 20.1 Å². The van der Waals surface area contributed by atoms with E-state index in [1.165, 1.54) is 6.42 Å². The van der Waals surface area contributed by atoms with Crippen LogP contribution < -0.4 is 5.32 Å². The standard InChI is InChI=1S/C13H25NO4/c1-3-18-13(17)14-11(9(2)12(15)16)10-7-5-4-6-8-10/h10-17H,2-8H2,1H3/t11?,13-/m0/s1. The predicted octanol–water partition coefficient (Wildman–Crippen LogP) is 0.704. The van der Waals surface area contributed by atoms with E-state index in [1.54, 1.807) is 6.92 Å². The smallest absolute Gasteiger partial charge is 0.213 e. The van der Waals surface area contributed by atoms with Crippen molar-refractivity contribution in [2.75, 3.05) is 6.61 Å². The van der Waals surface area contributed by atoms with Crippen LogP contribution in [0.3, 0.4) is 0 Å². The van der Waals surface area contributed by atoms with Crippen molar-refractivity contribution in [1.29, 1.82) is 0 Å². The number of nitrogens with one attached hydrogen (secondary N) is 1. The van der Waals surface area contributed by atoms with Crippen molar-refractivity contribution in [2.45, 2.75) is 57.8 Å². The van der Waals surface area contributed by atoms with Gasteiger partial charge in [0.05, 0.1) is 0 Å². The monoisotopic (exact) mass is 259 g/mol. The third kappa shape index (κ3) is 4.66. The maximum atomic E-state index is 9.64. The summed E-state index contributed by atoms with van der Waals surface area (Å²) in [5.41, 5.74) is 0.292. The Morgan fingerprint density at radius 2 is 1.89 bits per heavy atom. The van der Waals surface area contributed by atoms with Crippen molar-refractivity contribution in [3.63, 3.8) is 0 Å². The van der Waals surface area contributed by atoms with E-state index in [1.807, 2.05) is 0 Å². The maximum absolute atomic E-state index is 9.64. The zero-order chi connectivity index (χ0) is 13.5. The van der Waals surface area contributed by atoms with E-state index < -0.39 is 12.7 Å². The molecule has 5 nitrogen and oxygen atoms in total. The number of aliphatic hydroxyl groups excluding tert-OH is 2. The van der Waals surface area contributed by atoms with E-state index in [2.05, 4.69) is 11.9 Å². The average Bonchev–Trinajstić information content (AvgIpc) is 2.36. The number of ether oxygens (including phenoxy) is 1.